The molecule has 19 heavy (non-hydrogen) atoms. The minimum absolute atomic E-state index is 0.00639. The molecule has 0 saturated carbocycles. The lowest BCUT2D eigenvalue weighted by molar-refractivity contribution is -0.923. The maximum Gasteiger partial charge on any atom is 0.161 e. The van der Waals surface area contributed by atoms with Gasteiger partial charge in [-0.2, -0.15) is 0 Å². The van der Waals surface area contributed by atoms with Crippen LogP contribution >= 0.6 is 0 Å². The molecule has 1 heterocycles. The molecule has 0 spiro atoms. The van der Waals surface area contributed by atoms with E-state index in [1.54, 1.807) is 14.2 Å². The summed E-state index contributed by atoms with van der Waals surface area (Å²) in [5, 5.41) is 20.2. The summed E-state index contributed by atoms with van der Waals surface area (Å²) in [7, 11) is 5.15. The predicted molar refractivity (Wildman–Crippen MR) is 70.6 cm³/mol. The minimum atomic E-state index is -0.770. The van der Waals surface area contributed by atoms with Gasteiger partial charge in [-0.3, -0.25) is 0 Å². The fourth-order valence-corrected chi connectivity index (χ4v) is 2.82. The minimum Gasteiger partial charge on any atom is -0.493 e. The number of aliphatic hydroxyl groups excluding tert-OH is 2. The summed E-state index contributed by atoms with van der Waals surface area (Å²) in [5.41, 5.74) is 0.936. The van der Waals surface area contributed by atoms with Crippen molar-refractivity contribution in [2.45, 2.75) is 31.2 Å². The first-order valence-electron chi connectivity index (χ1n) is 6.42. The Kier molecular flexibility index (Phi) is 3.99. The Morgan fingerprint density at radius 2 is 1.68 bits per heavy atom. The molecule has 106 valence electrons. The van der Waals surface area contributed by atoms with E-state index in [4.69, 9.17) is 9.47 Å². The first kappa shape index (κ1) is 14.1. The second-order valence-corrected chi connectivity index (χ2v) is 5.11. The lowest BCUT2D eigenvalue weighted by Gasteiger charge is -2.22. The smallest absolute Gasteiger partial charge is 0.161 e. The van der Waals surface area contributed by atoms with Gasteiger partial charge in [0.2, 0.25) is 0 Å². The zero-order chi connectivity index (χ0) is 14.2. The number of hydrogen-bond acceptors (Lipinski definition) is 4. The molecule has 1 aromatic carbocycles. The molecule has 0 aromatic heterocycles. The lowest BCUT2D eigenvalue weighted by atomic mass is 10.0. The van der Waals surface area contributed by atoms with Gasteiger partial charge in [-0.1, -0.05) is 0 Å². The Hall–Kier alpha value is -1.30. The number of likely N-dealkylation sites (tertiary alicyclic amines) is 1. The topological polar surface area (TPSA) is 63.4 Å². The van der Waals surface area contributed by atoms with Gasteiger partial charge >= 0.3 is 0 Å². The highest BCUT2D eigenvalue weighted by Gasteiger charge is 2.48. The molecule has 0 aliphatic carbocycles. The highest BCUT2D eigenvalue weighted by atomic mass is 16.5. The van der Waals surface area contributed by atoms with Crippen molar-refractivity contribution in [2.24, 2.45) is 0 Å². The molecule has 0 amide bonds. The van der Waals surface area contributed by atoms with Crippen molar-refractivity contribution in [3.8, 4) is 11.5 Å². The van der Waals surface area contributed by atoms with Crippen LogP contribution < -0.4 is 14.4 Å². The third-order valence-corrected chi connectivity index (χ3v) is 4.18. The van der Waals surface area contributed by atoms with Crippen molar-refractivity contribution < 1.29 is 24.6 Å². The average Bonchev–Trinajstić information content (AvgIpc) is 2.62. The van der Waals surface area contributed by atoms with Gasteiger partial charge in [0.05, 0.1) is 21.3 Å². The van der Waals surface area contributed by atoms with E-state index < -0.39 is 12.2 Å². The highest BCUT2D eigenvalue weighted by Crippen LogP contribution is 2.32. The maximum absolute atomic E-state index is 10.2. The number of quaternary nitrogens is 1. The summed E-state index contributed by atoms with van der Waals surface area (Å²) in [4.78, 5) is 1.09. The van der Waals surface area contributed by atoms with E-state index in [1.165, 1.54) is 0 Å². The second kappa shape index (κ2) is 5.36. The Balaban J connectivity index is 2.37. The Labute approximate surface area is 113 Å². The van der Waals surface area contributed by atoms with Crippen LogP contribution in [0, 0.1) is 0 Å². The third kappa shape index (κ3) is 2.29. The van der Waals surface area contributed by atoms with Crippen LogP contribution in [-0.2, 0) is 0 Å². The number of methoxy groups -OCH3 is 2. The quantitative estimate of drug-likeness (QED) is 0.684. The van der Waals surface area contributed by atoms with E-state index in [0.717, 1.165) is 10.5 Å². The van der Waals surface area contributed by atoms with Crippen LogP contribution in [0.4, 0.5) is 0 Å². The van der Waals surface area contributed by atoms with E-state index in [2.05, 4.69) is 0 Å². The van der Waals surface area contributed by atoms with Gasteiger partial charge in [0, 0.05) is 5.56 Å². The van der Waals surface area contributed by atoms with Gasteiger partial charge in [-0.25, -0.2) is 0 Å². The normalized spacial score (nSPS) is 34.3. The van der Waals surface area contributed by atoms with Gasteiger partial charge in [-0.05, 0) is 25.1 Å². The summed E-state index contributed by atoms with van der Waals surface area (Å²) in [5.74, 6) is 1.29. The van der Waals surface area contributed by atoms with Gasteiger partial charge < -0.3 is 24.6 Å². The van der Waals surface area contributed by atoms with Crippen LogP contribution in [-0.4, -0.2) is 49.7 Å². The fourth-order valence-electron chi connectivity index (χ4n) is 2.82. The molecule has 1 unspecified atom stereocenters. The monoisotopic (exact) mass is 268 g/mol. The third-order valence-electron chi connectivity index (χ3n) is 4.18. The molecular formula is C14H22NO4+. The van der Waals surface area contributed by atoms with Gasteiger partial charge in [0.1, 0.15) is 24.3 Å². The fraction of sp³-hybridized carbons (Fsp3) is 0.571. The lowest BCUT2D eigenvalue weighted by Crippen LogP contribution is -3.11. The number of aliphatic hydroxyl groups is 2. The van der Waals surface area contributed by atoms with E-state index in [1.807, 2.05) is 32.2 Å². The summed E-state index contributed by atoms with van der Waals surface area (Å²) in [6.07, 6.45) is -1.48. The first-order valence-corrected chi connectivity index (χ1v) is 6.42. The van der Waals surface area contributed by atoms with E-state index in [-0.39, 0.29) is 12.1 Å². The molecule has 1 aromatic rings. The number of likely N-dealkylation sites (N-methyl/N-ethyl adjacent to an activating group) is 1. The average molecular weight is 268 g/mol. The molecule has 2 rings (SSSR count). The molecule has 5 nitrogen and oxygen atoms in total. The van der Waals surface area contributed by atoms with Crippen molar-refractivity contribution in [3.63, 3.8) is 0 Å². The van der Waals surface area contributed by atoms with Crippen LogP contribution in [0.1, 0.15) is 18.5 Å². The van der Waals surface area contributed by atoms with E-state index in [9.17, 15) is 10.2 Å². The number of ether oxygens (including phenoxy) is 2. The SMILES string of the molecule is COc1ccc([C@@H]2[C@H](O)[C@@H](O)[C@H](C)[NH+]2C)cc1OC. The molecule has 3 N–H and O–H groups in total. The van der Waals surface area contributed by atoms with Crippen LogP contribution in [0.5, 0.6) is 11.5 Å². The molecule has 0 bridgehead atoms. The standard InChI is InChI=1S/C14H21NO4/c1-8-13(16)14(17)12(15(8)2)9-5-6-10(18-3)11(7-9)19-4/h5-8,12-14,16-17H,1-4H3/p+1/t8-,12+,13-,14-/m0/s1. The predicted octanol–water partition coefficient (Wildman–Crippen LogP) is -0.616. The van der Waals surface area contributed by atoms with Crippen LogP contribution in [0.3, 0.4) is 0 Å². The Morgan fingerprint density at radius 3 is 2.16 bits per heavy atom. The molecular weight excluding hydrogens is 246 g/mol. The number of rotatable bonds is 3. The zero-order valence-corrected chi connectivity index (χ0v) is 11.8. The molecule has 1 fully saturated rings. The molecule has 1 aliphatic heterocycles. The number of benzene rings is 1. The molecule has 1 saturated heterocycles. The Bertz CT molecular complexity index is 437. The molecule has 5 heteroatoms. The second-order valence-electron chi connectivity index (χ2n) is 5.11. The van der Waals surface area contributed by atoms with E-state index in [0.29, 0.717) is 11.5 Å². The van der Waals surface area contributed by atoms with Crippen molar-refractivity contribution in [2.75, 3.05) is 21.3 Å². The number of hydrogen-bond donors (Lipinski definition) is 3. The van der Waals surface area contributed by atoms with Crippen molar-refractivity contribution in [1.29, 1.82) is 0 Å². The largest absolute Gasteiger partial charge is 0.493 e. The van der Waals surface area contributed by atoms with Crippen LogP contribution in [0.15, 0.2) is 18.2 Å². The highest BCUT2D eigenvalue weighted by molar-refractivity contribution is 5.43. The van der Waals surface area contributed by atoms with Crippen molar-refractivity contribution in [3.05, 3.63) is 23.8 Å². The van der Waals surface area contributed by atoms with Crippen molar-refractivity contribution >= 4 is 0 Å². The van der Waals surface area contributed by atoms with E-state index >= 15 is 0 Å². The first-order chi connectivity index (χ1) is 9.01. The summed E-state index contributed by atoms with van der Waals surface area (Å²) in [6.45, 7) is 1.93. The zero-order valence-electron chi connectivity index (χ0n) is 11.8. The summed E-state index contributed by atoms with van der Waals surface area (Å²) in [6, 6.07) is 5.42. The van der Waals surface area contributed by atoms with Gasteiger partial charge in [-0.15, -0.1) is 0 Å². The maximum atomic E-state index is 10.2. The molecule has 0 radical (unpaired) electrons. The van der Waals surface area contributed by atoms with Gasteiger partial charge in [0.15, 0.2) is 11.5 Å². The number of nitrogens with one attached hydrogen (secondary N) is 1. The summed E-state index contributed by atoms with van der Waals surface area (Å²) < 4.78 is 10.5. The molecule has 1 aliphatic rings. The Morgan fingerprint density at radius 1 is 1.05 bits per heavy atom. The van der Waals surface area contributed by atoms with Crippen LogP contribution in [0.2, 0.25) is 0 Å². The summed E-state index contributed by atoms with van der Waals surface area (Å²) >= 11 is 0. The molecule has 5 atom stereocenters. The van der Waals surface area contributed by atoms with Crippen molar-refractivity contribution in [1.82, 2.24) is 0 Å². The van der Waals surface area contributed by atoms with Crippen LogP contribution in [0.25, 0.3) is 0 Å². The van der Waals surface area contributed by atoms with Gasteiger partial charge in [0.25, 0.3) is 0 Å².